The van der Waals surface area contributed by atoms with Crippen LogP contribution >= 0.6 is 0 Å². The topological polar surface area (TPSA) is 120 Å². The Bertz CT molecular complexity index is 1410. The third kappa shape index (κ3) is 5.32. The number of alkyl halides is 5. The normalized spacial score (nSPS) is 26.9. The van der Waals surface area contributed by atoms with Crippen LogP contribution in [0.25, 0.3) is 0 Å². The van der Waals surface area contributed by atoms with E-state index < -0.39 is 75.1 Å². The van der Waals surface area contributed by atoms with E-state index in [0.717, 1.165) is 24.4 Å². The fourth-order valence-corrected chi connectivity index (χ4v) is 7.30. The molecule has 39 heavy (non-hydrogen) atoms. The van der Waals surface area contributed by atoms with Gasteiger partial charge in [-0.25, -0.2) is 31.1 Å². The molecule has 0 spiro atoms. The van der Waals surface area contributed by atoms with E-state index in [2.05, 4.69) is 24.1 Å². The highest BCUT2D eigenvalue weighted by molar-refractivity contribution is 7.95. The van der Waals surface area contributed by atoms with E-state index in [-0.39, 0.29) is 23.0 Å². The standard InChI is InChI=1S/C24H25F6N5O3S/c1-22-7-2-8-33-39(22,37)13-23(11-25,35-21(22)31)19-16(26)5-3-14(34-19)9-18(36)17-6-4-15(10-32-17)38-12-24(29,30)20(27)28/h3-6,10,20H,2,7-9,11-13H2,1H3,(H2,31,35)/t22-,23-,39-/m0/s1. The highest BCUT2D eigenvalue weighted by Crippen LogP contribution is 2.42. The summed E-state index contributed by atoms with van der Waals surface area (Å²) in [4.78, 5) is 25.0. The van der Waals surface area contributed by atoms with Crippen LogP contribution in [0.15, 0.2) is 39.8 Å². The van der Waals surface area contributed by atoms with Gasteiger partial charge in [0.15, 0.2) is 12.4 Å². The van der Waals surface area contributed by atoms with Crippen molar-refractivity contribution in [3.05, 3.63) is 53.4 Å². The van der Waals surface area contributed by atoms with Crippen molar-refractivity contribution in [3.8, 4) is 5.75 Å². The van der Waals surface area contributed by atoms with Crippen molar-refractivity contribution in [2.24, 2.45) is 15.1 Å². The minimum Gasteiger partial charge on any atom is -0.485 e. The van der Waals surface area contributed by atoms with E-state index in [1.54, 1.807) is 6.92 Å². The average Bonchev–Trinajstić information content (AvgIpc) is 2.89. The van der Waals surface area contributed by atoms with Crippen LogP contribution in [0.2, 0.25) is 0 Å². The molecule has 2 aromatic rings. The van der Waals surface area contributed by atoms with Gasteiger partial charge in [0.25, 0.3) is 0 Å². The van der Waals surface area contributed by atoms with Crippen molar-refractivity contribution in [2.75, 3.05) is 25.6 Å². The third-order valence-electron chi connectivity index (χ3n) is 6.81. The van der Waals surface area contributed by atoms with Crippen molar-refractivity contribution in [1.29, 1.82) is 0 Å². The molecule has 2 aromatic heterocycles. The van der Waals surface area contributed by atoms with Gasteiger partial charge < -0.3 is 10.5 Å². The number of hydrogen-bond donors (Lipinski definition) is 1. The molecule has 8 nitrogen and oxygen atoms in total. The van der Waals surface area contributed by atoms with Crippen molar-refractivity contribution in [1.82, 2.24) is 9.97 Å². The number of nitrogens with zero attached hydrogens (tertiary/aromatic N) is 4. The van der Waals surface area contributed by atoms with Gasteiger partial charge in [-0.05, 0) is 44.0 Å². The smallest absolute Gasteiger partial charge is 0.340 e. The minimum atomic E-state index is -4.36. The number of nitrogens with two attached hydrogens (primary N) is 1. The lowest BCUT2D eigenvalue weighted by Crippen LogP contribution is -2.59. The predicted octanol–water partition coefficient (Wildman–Crippen LogP) is 3.88. The largest absolute Gasteiger partial charge is 0.485 e. The lowest BCUT2D eigenvalue weighted by atomic mass is 9.95. The first-order valence-electron chi connectivity index (χ1n) is 11.8. The number of fused-ring (bicyclic) bond motifs is 1. The number of hydrogen-bond acceptors (Lipinski definition) is 8. The number of Topliss-reactive ketones (excluding diaryl/α,β-unsaturated/α-hetero) is 1. The second-order valence-electron chi connectivity index (χ2n) is 9.60. The van der Waals surface area contributed by atoms with Crippen LogP contribution in [0.5, 0.6) is 5.75 Å². The zero-order valence-electron chi connectivity index (χ0n) is 20.7. The first-order chi connectivity index (χ1) is 18.3. The molecule has 212 valence electrons. The van der Waals surface area contributed by atoms with Crippen LogP contribution in [0.3, 0.4) is 0 Å². The van der Waals surface area contributed by atoms with Gasteiger partial charge in [-0.2, -0.15) is 8.78 Å². The van der Waals surface area contributed by atoms with Gasteiger partial charge in [0.05, 0.1) is 28.1 Å². The summed E-state index contributed by atoms with van der Waals surface area (Å²) in [5.74, 6) is -6.69. The Morgan fingerprint density at radius 2 is 2.00 bits per heavy atom. The number of ketones is 1. The van der Waals surface area contributed by atoms with E-state index in [4.69, 9.17) is 5.73 Å². The Morgan fingerprint density at radius 3 is 2.64 bits per heavy atom. The van der Waals surface area contributed by atoms with Crippen LogP contribution in [-0.4, -0.2) is 68.5 Å². The Kier molecular flexibility index (Phi) is 7.67. The number of ether oxygens (including phenoxy) is 1. The second-order valence-corrected chi connectivity index (χ2v) is 12.3. The summed E-state index contributed by atoms with van der Waals surface area (Å²) in [6.07, 6.45) is -2.35. The highest BCUT2D eigenvalue weighted by atomic mass is 32.2. The van der Waals surface area contributed by atoms with Crippen molar-refractivity contribution in [3.63, 3.8) is 0 Å². The van der Waals surface area contributed by atoms with Crippen molar-refractivity contribution in [2.45, 2.75) is 48.8 Å². The fraction of sp³-hybridized carbons (Fsp3) is 0.500. The maximum atomic E-state index is 15.0. The molecule has 15 heteroatoms. The van der Waals surface area contributed by atoms with E-state index in [0.29, 0.717) is 19.4 Å². The number of rotatable bonds is 9. The molecule has 2 aliphatic rings. The average molecular weight is 578 g/mol. The molecule has 4 rings (SSSR count). The van der Waals surface area contributed by atoms with Crippen molar-refractivity contribution < 1.29 is 40.1 Å². The summed E-state index contributed by atoms with van der Waals surface area (Å²) in [5.41, 5.74) is 3.59. The summed E-state index contributed by atoms with van der Waals surface area (Å²) in [6.45, 7) is -0.902. The molecule has 0 saturated heterocycles. The number of amidine groups is 1. The zero-order valence-corrected chi connectivity index (χ0v) is 21.5. The predicted molar refractivity (Wildman–Crippen MR) is 130 cm³/mol. The number of aliphatic imine (C=N–C) groups is 1. The Hall–Kier alpha value is -3.23. The van der Waals surface area contributed by atoms with Crippen LogP contribution in [0, 0.1) is 5.82 Å². The lowest BCUT2D eigenvalue weighted by molar-refractivity contribution is -0.148. The van der Waals surface area contributed by atoms with Gasteiger partial charge in [-0.1, -0.05) is 0 Å². The zero-order chi connectivity index (χ0) is 28.6. The number of carbonyl (C=O) groups is 1. The summed E-state index contributed by atoms with van der Waals surface area (Å²) in [7, 11) is -3.12. The Morgan fingerprint density at radius 1 is 1.26 bits per heavy atom. The van der Waals surface area contributed by atoms with Gasteiger partial charge in [0.1, 0.15) is 45.8 Å². The molecule has 0 amide bonds. The quantitative estimate of drug-likeness (QED) is 0.357. The first kappa shape index (κ1) is 28.8. The number of aromatic nitrogens is 2. The monoisotopic (exact) mass is 577 g/mol. The molecule has 0 unspecified atom stereocenters. The molecule has 0 aromatic carbocycles. The third-order valence-corrected chi connectivity index (χ3v) is 10.1. The van der Waals surface area contributed by atoms with Crippen LogP contribution in [0.4, 0.5) is 26.3 Å². The van der Waals surface area contributed by atoms with Crippen LogP contribution in [-0.2, 0) is 21.7 Å². The lowest BCUT2D eigenvalue weighted by Gasteiger charge is -2.44. The van der Waals surface area contributed by atoms with E-state index in [1.807, 2.05) is 0 Å². The van der Waals surface area contributed by atoms with Crippen LogP contribution in [0.1, 0.15) is 41.6 Å². The Labute approximate surface area is 220 Å². The molecule has 2 N–H and O–H groups in total. The maximum absolute atomic E-state index is 15.0. The first-order valence-corrected chi connectivity index (χ1v) is 13.5. The number of halogens is 6. The van der Waals surface area contributed by atoms with Gasteiger partial charge in [0.2, 0.25) is 0 Å². The molecule has 3 atom stereocenters. The van der Waals surface area contributed by atoms with Crippen molar-refractivity contribution >= 4 is 21.3 Å². The summed E-state index contributed by atoms with van der Waals surface area (Å²) in [5, 5.41) is 0. The molecular formula is C24H25F6N5O3S. The van der Waals surface area contributed by atoms with E-state index in [1.165, 1.54) is 6.07 Å². The molecule has 0 bridgehead atoms. The van der Waals surface area contributed by atoms with Gasteiger partial charge >= 0.3 is 12.3 Å². The molecule has 0 radical (unpaired) electrons. The molecular weight excluding hydrogens is 552 g/mol. The minimum absolute atomic E-state index is 0.0283. The van der Waals surface area contributed by atoms with E-state index >= 15 is 0 Å². The number of carbonyl (C=O) groups excluding carboxylic acids is 1. The number of pyridine rings is 2. The Balaban J connectivity index is 1.57. The maximum Gasteiger partial charge on any atom is 0.340 e. The molecule has 0 fully saturated rings. The second kappa shape index (κ2) is 10.4. The summed E-state index contributed by atoms with van der Waals surface area (Å²) in [6, 6.07) is 4.43. The molecule has 4 heterocycles. The SMILES string of the molecule is C[C@@]12CCCN=[S@]1(=O)C[C@@](CF)(c1nc(CC(=O)c3ccc(OCC(F)(F)C(F)F)cn3)ccc1F)N=C2N. The fourth-order valence-electron chi connectivity index (χ4n) is 4.42. The highest BCUT2D eigenvalue weighted by Gasteiger charge is 2.54. The molecule has 2 aliphatic heterocycles. The molecule has 0 saturated carbocycles. The van der Waals surface area contributed by atoms with Gasteiger partial charge in [0, 0.05) is 12.2 Å². The summed E-state index contributed by atoms with van der Waals surface area (Å²) < 4.78 is 102. The van der Waals surface area contributed by atoms with Crippen LogP contribution < -0.4 is 10.5 Å². The van der Waals surface area contributed by atoms with Gasteiger partial charge in [-0.15, -0.1) is 0 Å². The summed E-state index contributed by atoms with van der Waals surface area (Å²) >= 11 is 0. The van der Waals surface area contributed by atoms with E-state index in [9.17, 15) is 35.3 Å². The molecule has 0 aliphatic carbocycles. The van der Waals surface area contributed by atoms with Gasteiger partial charge in [-0.3, -0.25) is 14.8 Å².